The molecular weight excluding hydrogens is 190 g/mol. The van der Waals surface area contributed by atoms with Crippen molar-refractivity contribution in [3.05, 3.63) is 29.8 Å². The van der Waals surface area contributed by atoms with Crippen LogP contribution in [0.15, 0.2) is 24.3 Å². The van der Waals surface area contributed by atoms with Gasteiger partial charge in [0.2, 0.25) is 0 Å². The van der Waals surface area contributed by atoms with Gasteiger partial charge in [-0.2, -0.15) is 0 Å². The monoisotopic (exact) mass is 207 g/mol. The lowest BCUT2D eigenvalue weighted by atomic mass is 10.1. The fourth-order valence-corrected chi connectivity index (χ4v) is 1.28. The van der Waals surface area contributed by atoms with Gasteiger partial charge in [-0.05, 0) is 37.5 Å². The quantitative estimate of drug-likeness (QED) is 0.606. The van der Waals surface area contributed by atoms with Crippen LogP contribution >= 0.6 is 0 Å². The predicted octanol–water partition coefficient (Wildman–Crippen LogP) is 1.89. The average molecular weight is 207 g/mol. The Morgan fingerprint density at radius 1 is 1.40 bits per heavy atom. The standard InChI is InChI=1S/C12H17NO2/c1-9(13)3-4-11-5-7-12(8-6-11)15-10(2)14/h5-9H,3-4,13H2,1-2H3. The molecule has 3 nitrogen and oxygen atoms in total. The van der Waals surface area contributed by atoms with Crippen LogP contribution in [-0.4, -0.2) is 12.0 Å². The van der Waals surface area contributed by atoms with Gasteiger partial charge in [0.05, 0.1) is 0 Å². The van der Waals surface area contributed by atoms with Crippen molar-refractivity contribution in [3.63, 3.8) is 0 Å². The first-order chi connectivity index (χ1) is 7.08. The third kappa shape index (κ3) is 4.61. The second-order valence-corrected chi connectivity index (χ2v) is 3.75. The van der Waals surface area contributed by atoms with Gasteiger partial charge in [0.1, 0.15) is 5.75 Å². The molecule has 0 aliphatic rings. The summed E-state index contributed by atoms with van der Waals surface area (Å²) in [6, 6.07) is 7.75. The number of carbonyl (C=O) groups is 1. The van der Waals surface area contributed by atoms with Crippen molar-refractivity contribution >= 4 is 5.97 Å². The Labute approximate surface area is 90.2 Å². The van der Waals surface area contributed by atoms with E-state index in [1.165, 1.54) is 12.5 Å². The first kappa shape index (κ1) is 11.7. The summed E-state index contributed by atoms with van der Waals surface area (Å²) < 4.78 is 4.93. The number of benzene rings is 1. The maximum absolute atomic E-state index is 10.7. The second-order valence-electron chi connectivity index (χ2n) is 3.75. The average Bonchev–Trinajstić information content (AvgIpc) is 2.16. The minimum absolute atomic E-state index is 0.221. The van der Waals surface area contributed by atoms with Gasteiger partial charge in [-0.1, -0.05) is 12.1 Å². The molecule has 1 unspecified atom stereocenters. The molecule has 0 fully saturated rings. The third-order valence-electron chi connectivity index (χ3n) is 2.07. The molecule has 0 heterocycles. The molecule has 0 bridgehead atoms. The van der Waals surface area contributed by atoms with E-state index in [0.29, 0.717) is 5.75 Å². The molecule has 0 radical (unpaired) electrons. The summed E-state index contributed by atoms with van der Waals surface area (Å²) in [7, 11) is 0. The number of nitrogens with two attached hydrogens (primary N) is 1. The van der Waals surface area contributed by atoms with Gasteiger partial charge in [0.15, 0.2) is 0 Å². The molecule has 1 rings (SSSR count). The molecule has 0 spiro atoms. The number of hydrogen-bond donors (Lipinski definition) is 1. The highest BCUT2D eigenvalue weighted by atomic mass is 16.5. The molecular formula is C12H17NO2. The van der Waals surface area contributed by atoms with E-state index in [2.05, 4.69) is 0 Å². The molecule has 0 aliphatic heterocycles. The number of rotatable bonds is 4. The molecule has 1 aromatic carbocycles. The maximum atomic E-state index is 10.7. The molecule has 1 aromatic rings. The van der Waals surface area contributed by atoms with E-state index in [0.717, 1.165) is 12.8 Å². The number of ether oxygens (including phenoxy) is 1. The lowest BCUT2D eigenvalue weighted by Crippen LogP contribution is -2.15. The first-order valence-corrected chi connectivity index (χ1v) is 5.11. The minimum Gasteiger partial charge on any atom is -0.427 e. The van der Waals surface area contributed by atoms with Crippen LogP contribution < -0.4 is 10.5 Å². The highest BCUT2D eigenvalue weighted by Gasteiger charge is 1.99. The molecule has 3 heteroatoms. The van der Waals surface area contributed by atoms with Crippen molar-refractivity contribution in [1.82, 2.24) is 0 Å². The second kappa shape index (κ2) is 5.51. The summed E-state index contributed by atoms with van der Waals surface area (Å²) >= 11 is 0. The van der Waals surface area contributed by atoms with E-state index < -0.39 is 0 Å². The van der Waals surface area contributed by atoms with Crippen molar-refractivity contribution in [1.29, 1.82) is 0 Å². The molecule has 2 N–H and O–H groups in total. The molecule has 1 atom stereocenters. The fourth-order valence-electron chi connectivity index (χ4n) is 1.28. The van der Waals surface area contributed by atoms with Crippen LogP contribution in [0.3, 0.4) is 0 Å². The van der Waals surface area contributed by atoms with E-state index in [1.807, 2.05) is 19.1 Å². The van der Waals surface area contributed by atoms with Crippen LogP contribution in [0, 0.1) is 0 Å². The van der Waals surface area contributed by atoms with Crippen LogP contribution in [0.25, 0.3) is 0 Å². The van der Waals surface area contributed by atoms with Gasteiger partial charge < -0.3 is 10.5 Å². The van der Waals surface area contributed by atoms with Crippen LogP contribution in [0.2, 0.25) is 0 Å². The van der Waals surface area contributed by atoms with Crippen LogP contribution in [0.5, 0.6) is 5.75 Å². The molecule has 0 saturated carbocycles. The minimum atomic E-state index is -0.293. The molecule has 0 aliphatic carbocycles. The lowest BCUT2D eigenvalue weighted by Gasteiger charge is -2.06. The van der Waals surface area contributed by atoms with Crippen LogP contribution in [0.1, 0.15) is 25.8 Å². The van der Waals surface area contributed by atoms with Gasteiger partial charge in [-0.3, -0.25) is 4.79 Å². The maximum Gasteiger partial charge on any atom is 0.308 e. The van der Waals surface area contributed by atoms with Crippen molar-refractivity contribution in [3.8, 4) is 5.75 Å². The van der Waals surface area contributed by atoms with Gasteiger partial charge in [-0.25, -0.2) is 0 Å². The summed E-state index contributed by atoms with van der Waals surface area (Å²) in [6.07, 6.45) is 1.92. The summed E-state index contributed by atoms with van der Waals surface area (Å²) in [5.41, 5.74) is 6.88. The van der Waals surface area contributed by atoms with Crippen LogP contribution in [-0.2, 0) is 11.2 Å². The number of hydrogen-bond acceptors (Lipinski definition) is 3. The summed E-state index contributed by atoms with van der Waals surface area (Å²) in [5.74, 6) is 0.297. The first-order valence-electron chi connectivity index (χ1n) is 5.11. The number of esters is 1. The zero-order valence-electron chi connectivity index (χ0n) is 9.19. The zero-order valence-corrected chi connectivity index (χ0v) is 9.19. The zero-order chi connectivity index (χ0) is 11.3. The van der Waals surface area contributed by atoms with Crippen molar-refractivity contribution < 1.29 is 9.53 Å². The molecule has 82 valence electrons. The molecule has 0 aromatic heterocycles. The van der Waals surface area contributed by atoms with E-state index in [-0.39, 0.29) is 12.0 Å². The third-order valence-corrected chi connectivity index (χ3v) is 2.07. The number of aryl methyl sites for hydroxylation is 1. The summed E-state index contributed by atoms with van der Waals surface area (Å²) in [6.45, 7) is 3.39. The highest BCUT2D eigenvalue weighted by molar-refractivity contribution is 5.69. The van der Waals surface area contributed by atoms with Gasteiger partial charge >= 0.3 is 5.97 Å². The Morgan fingerprint density at radius 3 is 2.47 bits per heavy atom. The van der Waals surface area contributed by atoms with E-state index in [1.54, 1.807) is 12.1 Å². The van der Waals surface area contributed by atoms with Crippen molar-refractivity contribution in [2.45, 2.75) is 32.7 Å². The summed E-state index contributed by atoms with van der Waals surface area (Å²) in [4.78, 5) is 10.7. The van der Waals surface area contributed by atoms with Crippen molar-refractivity contribution in [2.24, 2.45) is 5.73 Å². The molecule has 0 amide bonds. The smallest absolute Gasteiger partial charge is 0.308 e. The van der Waals surface area contributed by atoms with E-state index in [9.17, 15) is 4.79 Å². The number of carbonyl (C=O) groups excluding carboxylic acids is 1. The Balaban J connectivity index is 2.52. The normalized spacial score (nSPS) is 12.2. The van der Waals surface area contributed by atoms with E-state index in [4.69, 9.17) is 10.5 Å². The van der Waals surface area contributed by atoms with Crippen LogP contribution in [0.4, 0.5) is 0 Å². The van der Waals surface area contributed by atoms with E-state index >= 15 is 0 Å². The Bertz CT molecular complexity index is 317. The Morgan fingerprint density at radius 2 is 2.00 bits per heavy atom. The molecule has 15 heavy (non-hydrogen) atoms. The molecule has 0 saturated heterocycles. The lowest BCUT2D eigenvalue weighted by molar-refractivity contribution is -0.131. The van der Waals surface area contributed by atoms with Gasteiger partial charge in [0, 0.05) is 13.0 Å². The largest absolute Gasteiger partial charge is 0.427 e. The van der Waals surface area contributed by atoms with Crippen molar-refractivity contribution in [2.75, 3.05) is 0 Å². The SMILES string of the molecule is CC(=O)Oc1ccc(CCC(C)N)cc1. The Hall–Kier alpha value is -1.35. The fraction of sp³-hybridized carbons (Fsp3) is 0.417. The van der Waals surface area contributed by atoms with Gasteiger partial charge in [0.25, 0.3) is 0 Å². The highest BCUT2D eigenvalue weighted by Crippen LogP contribution is 2.13. The topological polar surface area (TPSA) is 52.3 Å². The summed E-state index contributed by atoms with van der Waals surface area (Å²) in [5, 5.41) is 0. The predicted molar refractivity (Wildman–Crippen MR) is 59.7 cm³/mol. The van der Waals surface area contributed by atoms with Gasteiger partial charge in [-0.15, -0.1) is 0 Å². The Kier molecular flexibility index (Phi) is 4.31.